The summed E-state index contributed by atoms with van der Waals surface area (Å²) in [6.45, 7) is 7.50. The number of ether oxygens (including phenoxy) is 1. The highest BCUT2D eigenvalue weighted by atomic mass is 16.5. The van der Waals surface area contributed by atoms with E-state index in [0.717, 1.165) is 30.7 Å². The van der Waals surface area contributed by atoms with Crippen LogP contribution in [-0.2, 0) is 9.53 Å². The normalized spacial score (nSPS) is 20.3. The zero-order valence-corrected chi connectivity index (χ0v) is 16.2. The van der Waals surface area contributed by atoms with Crippen molar-refractivity contribution in [2.24, 2.45) is 5.92 Å². The van der Waals surface area contributed by atoms with Crippen LogP contribution in [0.3, 0.4) is 0 Å². The molecule has 2 aromatic rings. The van der Waals surface area contributed by atoms with Gasteiger partial charge < -0.3 is 9.64 Å². The molecule has 2 heterocycles. The van der Waals surface area contributed by atoms with E-state index in [0.29, 0.717) is 17.0 Å². The average Bonchev–Trinajstić information content (AvgIpc) is 2.65. The Hall–Kier alpha value is -2.72. The molecule has 3 rings (SSSR count). The second kappa shape index (κ2) is 7.49. The van der Waals surface area contributed by atoms with Gasteiger partial charge in [0.15, 0.2) is 0 Å². The Balaban J connectivity index is 1.91. The quantitative estimate of drug-likeness (QED) is 0.829. The Bertz CT molecular complexity index is 890. The number of esters is 1. The summed E-state index contributed by atoms with van der Waals surface area (Å²) < 4.78 is 4.91. The molecule has 27 heavy (non-hydrogen) atoms. The number of aromatic nitrogens is 2. The number of nitrogens with one attached hydrogen (secondary N) is 1. The number of carbonyl (C=O) groups is 1. The van der Waals surface area contributed by atoms with Crippen molar-refractivity contribution in [3.8, 4) is 6.07 Å². The van der Waals surface area contributed by atoms with E-state index in [9.17, 15) is 10.1 Å². The zero-order valence-electron chi connectivity index (χ0n) is 16.2. The average molecular weight is 367 g/mol. The van der Waals surface area contributed by atoms with Crippen molar-refractivity contribution in [3.05, 3.63) is 30.1 Å². The molecular formula is C20H25N5O2. The van der Waals surface area contributed by atoms with Crippen molar-refractivity contribution in [2.45, 2.75) is 38.8 Å². The number of hydrogen-bond acceptors (Lipinski definition) is 7. The van der Waals surface area contributed by atoms with Gasteiger partial charge in [0, 0.05) is 31.5 Å². The van der Waals surface area contributed by atoms with E-state index in [1.165, 1.54) is 7.11 Å². The van der Waals surface area contributed by atoms with Crippen molar-refractivity contribution >= 4 is 22.7 Å². The molecule has 0 aliphatic carbocycles. The number of fused-ring (bicyclic) bond motifs is 1. The van der Waals surface area contributed by atoms with Gasteiger partial charge in [0.2, 0.25) is 0 Å². The SMILES string of the molecule is COC(=O)C(C)(C)N[C@@H]1C[C@H](C)CN(c2ccc(C#N)c3nccnc23)C1. The Morgan fingerprint density at radius 2 is 2.00 bits per heavy atom. The van der Waals surface area contributed by atoms with Gasteiger partial charge in [-0.3, -0.25) is 20.1 Å². The highest BCUT2D eigenvalue weighted by Crippen LogP contribution is 2.30. The maximum Gasteiger partial charge on any atom is 0.325 e. The molecular weight excluding hydrogens is 342 g/mol. The second-order valence-corrected chi connectivity index (χ2v) is 7.70. The predicted octanol–water partition coefficient (Wildman–Crippen LogP) is 2.26. The van der Waals surface area contributed by atoms with Crippen LogP contribution in [0.5, 0.6) is 0 Å². The summed E-state index contributed by atoms with van der Waals surface area (Å²) in [6.07, 6.45) is 4.22. The molecule has 7 heteroatoms. The van der Waals surface area contributed by atoms with Crippen LogP contribution in [0.1, 0.15) is 32.8 Å². The Kier molecular flexibility index (Phi) is 5.29. The van der Waals surface area contributed by atoms with Gasteiger partial charge in [-0.1, -0.05) is 6.92 Å². The fourth-order valence-electron chi connectivity index (χ4n) is 3.87. The second-order valence-electron chi connectivity index (χ2n) is 7.70. The van der Waals surface area contributed by atoms with Crippen LogP contribution in [0, 0.1) is 17.2 Å². The molecule has 0 unspecified atom stereocenters. The van der Waals surface area contributed by atoms with E-state index in [2.05, 4.69) is 33.2 Å². The molecule has 1 aromatic carbocycles. The fraction of sp³-hybridized carbons (Fsp3) is 0.500. The predicted molar refractivity (Wildman–Crippen MR) is 103 cm³/mol. The van der Waals surface area contributed by atoms with E-state index in [1.807, 2.05) is 19.9 Å². The summed E-state index contributed by atoms with van der Waals surface area (Å²) in [5.74, 6) is 0.161. The largest absolute Gasteiger partial charge is 0.468 e. The van der Waals surface area contributed by atoms with Gasteiger partial charge >= 0.3 is 5.97 Å². The number of piperidine rings is 1. The summed E-state index contributed by atoms with van der Waals surface area (Å²) in [5, 5.41) is 12.8. The third-order valence-electron chi connectivity index (χ3n) is 4.99. The molecule has 1 aliphatic heterocycles. The molecule has 7 nitrogen and oxygen atoms in total. The van der Waals surface area contributed by atoms with Crippen LogP contribution in [0.25, 0.3) is 11.0 Å². The number of benzene rings is 1. The number of hydrogen-bond donors (Lipinski definition) is 1. The summed E-state index contributed by atoms with van der Waals surface area (Å²) in [7, 11) is 1.41. The molecule has 1 fully saturated rings. The number of carbonyl (C=O) groups excluding carboxylic acids is 1. The topological polar surface area (TPSA) is 91.1 Å². The lowest BCUT2D eigenvalue weighted by Crippen LogP contribution is -2.58. The molecule has 0 spiro atoms. The Morgan fingerprint density at radius 3 is 2.67 bits per heavy atom. The van der Waals surface area contributed by atoms with E-state index in [4.69, 9.17) is 4.74 Å². The number of rotatable bonds is 4. The number of nitrogens with zero attached hydrogens (tertiary/aromatic N) is 4. The summed E-state index contributed by atoms with van der Waals surface area (Å²) in [4.78, 5) is 23.1. The Labute approximate surface area is 159 Å². The molecule has 2 atom stereocenters. The third-order valence-corrected chi connectivity index (χ3v) is 4.99. The minimum atomic E-state index is -0.755. The Morgan fingerprint density at radius 1 is 1.30 bits per heavy atom. The summed E-state index contributed by atoms with van der Waals surface area (Å²) in [5.41, 5.74) is 2.08. The van der Waals surface area contributed by atoms with Crippen LogP contribution in [0.4, 0.5) is 5.69 Å². The summed E-state index contributed by atoms with van der Waals surface area (Å²) in [6, 6.07) is 6.05. The van der Waals surface area contributed by atoms with Crippen molar-refractivity contribution in [2.75, 3.05) is 25.1 Å². The standard InChI is InChI=1S/C20H25N5O2/c1-13-9-15(24-20(2,3)19(26)27-4)12-25(11-13)16-6-5-14(10-21)17-18(16)23-8-7-22-17/h5-8,13,15,24H,9,11-12H2,1-4H3/t13-,15+/m0/s1. The third kappa shape index (κ3) is 3.86. The van der Waals surface area contributed by atoms with Gasteiger partial charge in [-0.15, -0.1) is 0 Å². The van der Waals surface area contributed by atoms with Crippen LogP contribution in [0.15, 0.2) is 24.5 Å². The molecule has 1 N–H and O–H groups in total. The zero-order chi connectivity index (χ0) is 19.6. The number of nitriles is 1. The molecule has 0 bridgehead atoms. The molecule has 0 amide bonds. The minimum Gasteiger partial charge on any atom is -0.468 e. The summed E-state index contributed by atoms with van der Waals surface area (Å²) >= 11 is 0. The maximum atomic E-state index is 12.0. The van der Waals surface area contributed by atoms with E-state index in [1.54, 1.807) is 18.5 Å². The van der Waals surface area contributed by atoms with Gasteiger partial charge in [0.05, 0.1) is 18.4 Å². The molecule has 1 aliphatic rings. The van der Waals surface area contributed by atoms with Gasteiger partial charge in [0.1, 0.15) is 22.6 Å². The molecule has 0 radical (unpaired) electrons. The number of methoxy groups -OCH3 is 1. The first-order chi connectivity index (χ1) is 12.9. The first-order valence-corrected chi connectivity index (χ1v) is 9.10. The molecule has 142 valence electrons. The van der Waals surface area contributed by atoms with Crippen molar-refractivity contribution in [1.29, 1.82) is 5.26 Å². The number of anilines is 1. The molecule has 0 saturated carbocycles. The van der Waals surface area contributed by atoms with Gasteiger partial charge in [-0.2, -0.15) is 5.26 Å². The smallest absolute Gasteiger partial charge is 0.325 e. The van der Waals surface area contributed by atoms with Gasteiger partial charge in [-0.25, -0.2) is 0 Å². The lowest BCUT2D eigenvalue weighted by atomic mass is 9.92. The van der Waals surface area contributed by atoms with E-state index >= 15 is 0 Å². The van der Waals surface area contributed by atoms with Gasteiger partial charge in [-0.05, 0) is 38.3 Å². The lowest BCUT2D eigenvalue weighted by molar-refractivity contribution is -0.147. The molecule has 1 aromatic heterocycles. The molecule has 1 saturated heterocycles. The van der Waals surface area contributed by atoms with E-state index < -0.39 is 5.54 Å². The monoisotopic (exact) mass is 367 g/mol. The van der Waals surface area contributed by atoms with Crippen LogP contribution in [0.2, 0.25) is 0 Å². The lowest BCUT2D eigenvalue weighted by Gasteiger charge is -2.41. The highest BCUT2D eigenvalue weighted by molar-refractivity contribution is 5.92. The highest BCUT2D eigenvalue weighted by Gasteiger charge is 2.34. The van der Waals surface area contributed by atoms with Crippen LogP contribution >= 0.6 is 0 Å². The van der Waals surface area contributed by atoms with Crippen molar-refractivity contribution in [3.63, 3.8) is 0 Å². The fourth-order valence-corrected chi connectivity index (χ4v) is 3.87. The van der Waals surface area contributed by atoms with Crippen molar-refractivity contribution < 1.29 is 9.53 Å². The van der Waals surface area contributed by atoms with Gasteiger partial charge in [0.25, 0.3) is 0 Å². The van der Waals surface area contributed by atoms with Crippen molar-refractivity contribution in [1.82, 2.24) is 15.3 Å². The van der Waals surface area contributed by atoms with Crippen LogP contribution < -0.4 is 10.2 Å². The first-order valence-electron chi connectivity index (χ1n) is 9.10. The van der Waals surface area contributed by atoms with E-state index in [-0.39, 0.29) is 12.0 Å². The van der Waals surface area contributed by atoms with Crippen LogP contribution in [-0.4, -0.2) is 47.7 Å². The maximum absolute atomic E-state index is 12.0. The minimum absolute atomic E-state index is 0.130. The first kappa shape index (κ1) is 19.1.